The lowest BCUT2D eigenvalue weighted by atomic mass is 10.3. The normalized spacial score (nSPS) is 13.1. The number of carboxylic acids is 1. The highest BCUT2D eigenvalue weighted by Gasteiger charge is 2.12. The van der Waals surface area contributed by atoms with Crippen molar-refractivity contribution in [3.63, 3.8) is 0 Å². The van der Waals surface area contributed by atoms with Crippen molar-refractivity contribution in [2.45, 2.75) is 39.4 Å². The van der Waals surface area contributed by atoms with Crippen molar-refractivity contribution < 1.29 is 9.90 Å². The third-order valence-electron chi connectivity index (χ3n) is 2.07. The number of rotatable bonds is 5. The van der Waals surface area contributed by atoms with Crippen LogP contribution in [0, 0.1) is 0 Å². The molecule has 0 aromatic carbocycles. The lowest BCUT2D eigenvalue weighted by Crippen LogP contribution is -2.34. The summed E-state index contributed by atoms with van der Waals surface area (Å²) in [5.74, 6) is -0.122. The molecule has 0 amide bonds. The SMILES string of the molecule is CC(C)n1ncnc1CN[C@H](C)C(=O)O. The number of hydrogen-bond donors (Lipinski definition) is 2. The van der Waals surface area contributed by atoms with E-state index >= 15 is 0 Å². The fourth-order valence-corrected chi connectivity index (χ4v) is 1.16. The lowest BCUT2D eigenvalue weighted by molar-refractivity contribution is -0.139. The van der Waals surface area contributed by atoms with Crippen LogP contribution in [0.5, 0.6) is 0 Å². The molecule has 0 aliphatic rings. The molecule has 0 saturated carbocycles. The van der Waals surface area contributed by atoms with Gasteiger partial charge in [-0.15, -0.1) is 0 Å². The first-order valence-electron chi connectivity index (χ1n) is 4.87. The molecule has 0 bridgehead atoms. The van der Waals surface area contributed by atoms with Crippen LogP contribution in [0.3, 0.4) is 0 Å². The lowest BCUT2D eigenvalue weighted by Gasteiger charge is -2.11. The van der Waals surface area contributed by atoms with E-state index in [9.17, 15) is 4.79 Å². The zero-order valence-electron chi connectivity index (χ0n) is 9.14. The Bertz CT molecular complexity index is 335. The fourth-order valence-electron chi connectivity index (χ4n) is 1.16. The summed E-state index contributed by atoms with van der Waals surface area (Å²) in [5, 5.41) is 15.6. The largest absolute Gasteiger partial charge is 0.480 e. The third kappa shape index (κ3) is 3.02. The highest BCUT2D eigenvalue weighted by atomic mass is 16.4. The molecule has 1 aromatic heterocycles. The Labute approximate surface area is 88.3 Å². The van der Waals surface area contributed by atoms with E-state index in [4.69, 9.17) is 5.11 Å². The highest BCUT2D eigenvalue weighted by Crippen LogP contribution is 2.04. The quantitative estimate of drug-likeness (QED) is 0.739. The van der Waals surface area contributed by atoms with Gasteiger partial charge in [0.05, 0.1) is 6.54 Å². The molecule has 1 atom stereocenters. The maximum Gasteiger partial charge on any atom is 0.320 e. The first-order chi connectivity index (χ1) is 7.02. The van der Waals surface area contributed by atoms with Gasteiger partial charge in [-0.25, -0.2) is 9.67 Å². The summed E-state index contributed by atoms with van der Waals surface area (Å²) in [5.41, 5.74) is 0. The van der Waals surface area contributed by atoms with Crippen LogP contribution in [0.15, 0.2) is 6.33 Å². The molecule has 0 fully saturated rings. The van der Waals surface area contributed by atoms with Crippen molar-refractivity contribution in [3.05, 3.63) is 12.2 Å². The van der Waals surface area contributed by atoms with Gasteiger partial charge in [-0.05, 0) is 20.8 Å². The van der Waals surface area contributed by atoms with Crippen LogP contribution in [0.4, 0.5) is 0 Å². The van der Waals surface area contributed by atoms with Crippen LogP contribution >= 0.6 is 0 Å². The Morgan fingerprint density at radius 1 is 1.60 bits per heavy atom. The molecular weight excluding hydrogens is 196 g/mol. The van der Waals surface area contributed by atoms with Crippen LogP contribution in [-0.2, 0) is 11.3 Å². The van der Waals surface area contributed by atoms with Gasteiger partial charge in [-0.2, -0.15) is 5.10 Å². The van der Waals surface area contributed by atoms with Crippen molar-refractivity contribution in [1.29, 1.82) is 0 Å². The summed E-state index contributed by atoms with van der Waals surface area (Å²) >= 11 is 0. The van der Waals surface area contributed by atoms with Crippen molar-refractivity contribution >= 4 is 5.97 Å². The van der Waals surface area contributed by atoms with Gasteiger partial charge in [0.2, 0.25) is 0 Å². The van der Waals surface area contributed by atoms with E-state index in [1.807, 2.05) is 13.8 Å². The van der Waals surface area contributed by atoms with Gasteiger partial charge in [0.25, 0.3) is 0 Å². The van der Waals surface area contributed by atoms with Gasteiger partial charge >= 0.3 is 5.97 Å². The van der Waals surface area contributed by atoms with Gasteiger partial charge in [-0.1, -0.05) is 0 Å². The molecular formula is C9H16N4O2. The molecule has 0 aliphatic heterocycles. The van der Waals surface area contributed by atoms with Crippen LogP contribution in [-0.4, -0.2) is 31.9 Å². The number of nitrogens with zero attached hydrogens (tertiary/aromatic N) is 3. The number of carbonyl (C=O) groups is 1. The molecule has 0 aliphatic carbocycles. The second kappa shape index (κ2) is 4.88. The molecule has 1 aromatic rings. The average Bonchev–Trinajstić information content (AvgIpc) is 2.61. The fraction of sp³-hybridized carbons (Fsp3) is 0.667. The number of hydrogen-bond acceptors (Lipinski definition) is 4. The van der Waals surface area contributed by atoms with Crippen molar-refractivity contribution in [1.82, 2.24) is 20.1 Å². The second-order valence-corrected chi connectivity index (χ2v) is 3.66. The third-order valence-corrected chi connectivity index (χ3v) is 2.07. The Hall–Kier alpha value is -1.43. The van der Waals surface area contributed by atoms with Crippen molar-refractivity contribution in [3.8, 4) is 0 Å². The highest BCUT2D eigenvalue weighted by molar-refractivity contribution is 5.72. The number of aliphatic carboxylic acids is 1. The maximum absolute atomic E-state index is 10.6. The van der Waals surface area contributed by atoms with Crippen LogP contribution in [0.2, 0.25) is 0 Å². The van der Waals surface area contributed by atoms with E-state index in [1.54, 1.807) is 11.6 Å². The van der Waals surface area contributed by atoms with Crippen LogP contribution in [0.25, 0.3) is 0 Å². The summed E-state index contributed by atoms with van der Waals surface area (Å²) in [6.07, 6.45) is 1.47. The Morgan fingerprint density at radius 2 is 2.27 bits per heavy atom. The molecule has 1 heterocycles. The predicted molar refractivity (Wildman–Crippen MR) is 54.3 cm³/mol. The molecule has 0 saturated heterocycles. The topological polar surface area (TPSA) is 80.0 Å². The average molecular weight is 212 g/mol. The zero-order valence-corrected chi connectivity index (χ0v) is 9.14. The van der Waals surface area contributed by atoms with Gasteiger partial charge in [0.15, 0.2) is 0 Å². The maximum atomic E-state index is 10.6. The zero-order chi connectivity index (χ0) is 11.4. The van der Waals surface area contributed by atoms with E-state index in [1.165, 1.54) is 6.33 Å². The Balaban J connectivity index is 2.57. The van der Waals surface area contributed by atoms with Gasteiger partial charge in [0, 0.05) is 6.04 Å². The molecule has 6 heteroatoms. The molecule has 15 heavy (non-hydrogen) atoms. The summed E-state index contributed by atoms with van der Waals surface area (Å²) in [6, 6.07) is -0.355. The standard InChI is InChI=1S/C9H16N4O2/c1-6(2)13-8(11-5-12-13)4-10-7(3)9(14)15/h5-7,10H,4H2,1-3H3,(H,14,15)/t7-/m1/s1. The molecule has 0 spiro atoms. The molecule has 84 valence electrons. The second-order valence-electron chi connectivity index (χ2n) is 3.66. The summed E-state index contributed by atoms with van der Waals surface area (Å²) in [6.45, 7) is 6.00. The summed E-state index contributed by atoms with van der Waals surface area (Å²) in [7, 11) is 0. The van der Waals surface area contributed by atoms with Gasteiger partial charge in [-0.3, -0.25) is 10.1 Å². The number of nitrogens with one attached hydrogen (secondary N) is 1. The predicted octanol–water partition coefficient (Wildman–Crippen LogP) is 0.422. The van der Waals surface area contributed by atoms with E-state index in [2.05, 4.69) is 15.4 Å². The first-order valence-corrected chi connectivity index (χ1v) is 4.87. The molecule has 0 unspecified atom stereocenters. The Morgan fingerprint density at radius 3 is 2.80 bits per heavy atom. The molecule has 0 radical (unpaired) electrons. The van der Waals surface area contributed by atoms with Gasteiger partial charge in [0.1, 0.15) is 18.2 Å². The summed E-state index contributed by atoms with van der Waals surface area (Å²) < 4.78 is 1.77. The van der Waals surface area contributed by atoms with Crippen molar-refractivity contribution in [2.75, 3.05) is 0 Å². The number of carboxylic acid groups (broad SMARTS) is 1. The van der Waals surface area contributed by atoms with E-state index < -0.39 is 12.0 Å². The monoisotopic (exact) mass is 212 g/mol. The number of aromatic nitrogens is 3. The van der Waals surface area contributed by atoms with E-state index in [0.717, 1.165) is 5.82 Å². The smallest absolute Gasteiger partial charge is 0.320 e. The minimum Gasteiger partial charge on any atom is -0.480 e. The molecule has 1 rings (SSSR count). The summed E-state index contributed by atoms with van der Waals surface area (Å²) in [4.78, 5) is 14.6. The van der Waals surface area contributed by atoms with Crippen LogP contribution in [0.1, 0.15) is 32.6 Å². The minimum absolute atomic E-state index is 0.226. The van der Waals surface area contributed by atoms with Crippen LogP contribution < -0.4 is 5.32 Å². The molecule has 2 N–H and O–H groups in total. The van der Waals surface area contributed by atoms with Crippen molar-refractivity contribution in [2.24, 2.45) is 0 Å². The minimum atomic E-state index is -0.870. The first kappa shape index (κ1) is 11.6. The van der Waals surface area contributed by atoms with E-state index in [-0.39, 0.29) is 6.04 Å². The Kier molecular flexibility index (Phi) is 3.79. The molecule has 6 nitrogen and oxygen atoms in total. The van der Waals surface area contributed by atoms with E-state index in [0.29, 0.717) is 6.54 Å². The van der Waals surface area contributed by atoms with Gasteiger partial charge < -0.3 is 5.11 Å².